The first-order valence-corrected chi connectivity index (χ1v) is 13.3. The van der Waals surface area contributed by atoms with Crippen LogP contribution >= 0.6 is 11.6 Å². The number of nitrogens with zero attached hydrogens (tertiary/aromatic N) is 5. The molecule has 13 heteroatoms. The van der Waals surface area contributed by atoms with E-state index in [1.807, 2.05) is 14.1 Å². The van der Waals surface area contributed by atoms with E-state index in [9.17, 15) is 18.3 Å². The Kier molecular flexibility index (Phi) is 7.25. The van der Waals surface area contributed by atoms with Crippen LogP contribution in [0.2, 0.25) is 5.02 Å². The molecule has 1 aliphatic carbocycles. The molecule has 2 fully saturated rings. The second kappa shape index (κ2) is 10.1. The molecule has 8 nitrogen and oxygen atoms in total. The average Bonchev–Trinajstić information content (AvgIpc) is 3.59. The average molecular weight is 583 g/mol. The van der Waals surface area contributed by atoms with Gasteiger partial charge < -0.3 is 25.4 Å². The molecule has 1 saturated heterocycles. The van der Waals surface area contributed by atoms with Crippen molar-refractivity contribution in [2.45, 2.75) is 44.4 Å². The number of piperidine rings is 1. The summed E-state index contributed by atoms with van der Waals surface area (Å²) in [6.07, 6.45) is -0.499. The fourth-order valence-electron chi connectivity index (χ4n) is 5.43. The lowest BCUT2D eigenvalue weighted by Gasteiger charge is -2.37. The number of hydrogen-bond acceptors (Lipinski definition) is 8. The van der Waals surface area contributed by atoms with E-state index in [1.165, 1.54) is 6.20 Å². The molecule has 1 saturated carbocycles. The smallest absolute Gasteiger partial charge is 0.418 e. The molecule has 0 unspecified atom stereocenters. The zero-order valence-electron chi connectivity index (χ0n) is 22.4. The van der Waals surface area contributed by atoms with Crippen molar-refractivity contribution in [3.63, 3.8) is 0 Å². The Labute approximate surface area is 234 Å². The second-order valence-electron chi connectivity index (χ2n) is 11.5. The lowest BCUT2D eigenvalue weighted by Crippen LogP contribution is -2.46. The van der Waals surface area contributed by atoms with Crippen molar-refractivity contribution in [2.75, 3.05) is 51.0 Å². The lowest BCUT2D eigenvalue weighted by molar-refractivity contribution is -0.137. The Morgan fingerprint density at radius 2 is 1.93 bits per heavy atom. The van der Waals surface area contributed by atoms with Crippen molar-refractivity contribution in [1.29, 1.82) is 0 Å². The highest BCUT2D eigenvalue weighted by Gasteiger charge is 2.44. The normalized spacial score (nSPS) is 20.8. The largest absolute Gasteiger partial charge is 0.463 e. The van der Waals surface area contributed by atoms with E-state index in [1.54, 1.807) is 11.8 Å². The molecule has 0 bridgehead atoms. The first kappa shape index (κ1) is 28.6. The molecule has 2 aliphatic rings. The third-order valence-electron chi connectivity index (χ3n) is 7.39. The number of aliphatic hydroxyl groups is 1. The Hall–Kier alpha value is -2.96. The predicted octanol–water partition coefficient (Wildman–Crippen LogP) is 5.16. The summed E-state index contributed by atoms with van der Waals surface area (Å²) in [6.45, 7) is 3.54. The number of anilines is 2. The van der Waals surface area contributed by atoms with Crippen LogP contribution in [-0.4, -0.2) is 70.9 Å². The van der Waals surface area contributed by atoms with Crippen molar-refractivity contribution in [1.82, 2.24) is 19.9 Å². The van der Waals surface area contributed by atoms with E-state index in [2.05, 4.69) is 19.9 Å². The van der Waals surface area contributed by atoms with Gasteiger partial charge in [-0.25, -0.2) is 4.39 Å². The van der Waals surface area contributed by atoms with E-state index >= 15 is 4.39 Å². The molecule has 0 radical (unpaired) electrons. The summed E-state index contributed by atoms with van der Waals surface area (Å²) in [5.74, 6) is -0.798. The van der Waals surface area contributed by atoms with Gasteiger partial charge in [0, 0.05) is 42.5 Å². The Balaban J connectivity index is 1.65. The van der Waals surface area contributed by atoms with E-state index in [0.717, 1.165) is 31.5 Å². The van der Waals surface area contributed by atoms with Gasteiger partial charge in [0.2, 0.25) is 0 Å². The SMILES string of the molecule is CN(C)CC1(COc2nc(N3CCC[C@](C)(O)C3)c3cnc(-c4cc(N)cc(Cl)c4C(F)(F)F)c(F)c3n2)CC1. The minimum absolute atomic E-state index is 0.0708. The Morgan fingerprint density at radius 3 is 2.55 bits per heavy atom. The van der Waals surface area contributed by atoms with E-state index in [0.29, 0.717) is 26.0 Å². The third-order valence-corrected chi connectivity index (χ3v) is 7.68. The molecule has 3 N–H and O–H groups in total. The molecule has 0 spiro atoms. The van der Waals surface area contributed by atoms with Crippen LogP contribution in [0, 0.1) is 11.2 Å². The number of rotatable bonds is 7. The molecule has 3 heterocycles. The van der Waals surface area contributed by atoms with Gasteiger partial charge in [0.25, 0.3) is 0 Å². The number of ether oxygens (including phenoxy) is 1. The fourth-order valence-corrected chi connectivity index (χ4v) is 5.77. The van der Waals surface area contributed by atoms with Crippen molar-refractivity contribution in [3.05, 3.63) is 34.7 Å². The minimum atomic E-state index is -4.89. The van der Waals surface area contributed by atoms with Gasteiger partial charge in [0.1, 0.15) is 17.0 Å². The number of halogens is 5. The summed E-state index contributed by atoms with van der Waals surface area (Å²) in [4.78, 5) is 16.8. The van der Waals surface area contributed by atoms with Gasteiger partial charge in [0.15, 0.2) is 5.82 Å². The molecular formula is C27H31ClF4N6O2. The van der Waals surface area contributed by atoms with Gasteiger partial charge in [-0.3, -0.25) is 4.98 Å². The number of fused-ring (bicyclic) bond motifs is 1. The maximum absolute atomic E-state index is 16.2. The number of β-amino-alcohol motifs (C(OH)–C–C–N with tert-alkyl or cyclic N) is 1. The maximum atomic E-state index is 16.2. The lowest BCUT2D eigenvalue weighted by atomic mass is 9.95. The number of hydrogen-bond donors (Lipinski definition) is 2. The second-order valence-corrected chi connectivity index (χ2v) is 11.9. The van der Waals surface area contributed by atoms with Crippen LogP contribution in [0.3, 0.4) is 0 Å². The van der Waals surface area contributed by atoms with Gasteiger partial charge in [0.05, 0.1) is 28.2 Å². The molecule has 1 aliphatic heterocycles. The van der Waals surface area contributed by atoms with Crippen LogP contribution < -0.4 is 15.4 Å². The fraction of sp³-hybridized carbons (Fsp3) is 0.519. The molecule has 0 amide bonds. The van der Waals surface area contributed by atoms with Crippen LogP contribution in [0.5, 0.6) is 6.01 Å². The summed E-state index contributed by atoms with van der Waals surface area (Å²) >= 11 is 5.91. The number of aromatic nitrogens is 3. The van der Waals surface area contributed by atoms with Crippen LogP contribution in [0.15, 0.2) is 18.3 Å². The summed E-state index contributed by atoms with van der Waals surface area (Å²) in [7, 11) is 3.93. The molecule has 5 rings (SSSR count). The van der Waals surface area contributed by atoms with Gasteiger partial charge >= 0.3 is 12.2 Å². The number of alkyl halides is 3. The highest BCUT2D eigenvalue weighted by Crippen LogP contribution is 2.47. The van der Waals surface area contributed by atoms with Crippen molar-refractivity contribution in [2.24, 2.45) is 5.41 Å². The van der Waals surface area contributed by atoms with Gasteiger partial charge in [-0.2, -0.15) is 23.1 Å². The van der Waals surface area contributed by atoms with Crippen LogP contribution in [0.1, 0.15) is 38.2 Å². The Morgan fingerprint density at radius 1 is 1.20 bits per heavy atom. The summed E-state index contributed by atoms with van der Waals surface area (Å²) < 4.78 is 64.1. The van der Waals surface area contributed by atoms with E-state index < -0.39 is 39.4 Å². The van der Waals surface area contributed by atoms with Gasteiger partial charge in [-0.05, 0) is 58.8 Å². The highest BCUT2D eigenvalue weighted by molar-refractivity contribution is 6.32. The molecule has 1 atom stereocenters. The topological polar surface area (TPSA) is 101 Å². The van der Waals surface area contributed by atoms with E-state index in [4.69, 9.17) is 22.1 Å². The predicted molar refractivity (Wildman–Crippen MR) is 145 cm³/mol. The van der Waals surface area contributed by atoms with Crippen LogP contribution in [-0.2, 0) is 6.18 Å². The van der Waals surface area contributed by atoms with Crippen LogP contribution in [0.4, 0.5) is 29.1 Å². The van der Waals surface area contributed by atoms with Crippen molar-refractivity contribution in [3.8, 4) is 17.3 Å². The first-order chi connectivity index (χ1) is 18.7. The van der Waals surface area contributed by atoms with Gasteiger partial charge in [-0.15, -0.1) is 0 Å². The first-order valence-electron chi connectivity index (χ1n) is 13.0. The third kappa shape index (κ3) is 5.75. The molecule has 216 valence electrons. The molecule has 2 aromatic heterocycles. The van der Waals surface area contributed by atoms with Crippen molar-refractivity contribution < 1.29 is 27.4 Å². The molecular weight excluding hydrogens is 552 g/mol. The molecule has 3 aromatic rings. The summed E-state index contributed by atoms with van der Waals surface area (Å²) in [6, 6.07) is 1.85. The zero-order valence-corrected chi connectivity index (χ0v) is 23.2. The van der Waals surface area contributed by atoms with Crippen molar-refractivity contribution >= 4 is 34.0 Å². The summed E-state index contributed by atoms with van der Waals surface area (Å²) in [5, 5.41) is 10.2. The van der Waals surface area contributed by atoms with Crippen LogP contribution in [0.25, 0.3) is 22.2 Å². The van der Waals surface area contributed by atoms with Gasteiger partial charge in [-0.1, -0.05) is 11.6 Å². The monoisotopic (exact) mass is 582 g/mol. The molecule has 40 heavy (non-hydrogen) atoms. The maximum Gasteiger partial charge on any atom is 0.418 e. The minimum Gasteiger partial charge on any atom is -0.463 e. The molecule has 1 aromatic carbocycles. The quantitative estimate of drug-likeness (QED) is 0.291. The standard InChI is InChI=1S/C27H31ClF4N6O2/c1-25(39)5-4-8-38(12-25)23-17-11-34-21(16-9-15(33)10-18(28)19(16)27(30,31)32)20(29)22(17)35-24(36-23)40-14-26(6-7-26)13-37(2)3/h9-11,39H,4-8,12-14,33H2,1-3H3/t25-/m0/s1. The number of nitrogens with two attached hydrogens (primary N) is 1. The zero-order chi connectivity index (χ0) is 29.0. The number of nitrogen functional groups attached to an aromatic ring is 1. The van der Waals surface area contributed by atoms with E-state index in [-0.39, 0.29) is 40.4 Å². The highest BCUT2D eigenvalue weighted by atomic mass is 35.5. The number of pyridine rings is 1. The Bertz CT molecular complexity index is 1450. The summed E-state index contributed by atoms with van der Waals surface area (Å²) in [5.41, 5.74) is 1.94. The number of benzene rings is 1.